The van der Waals surface area contributed by atoms with E-state index >= 15 is 0 Å². The molecule has 3 fully saturated rings. The SMILES string of the molecule is CCc1ccc(Oc2ccc(Cl)cc2Cl)cc1C1=C(O)C2C(C1=O)[C@H]1CC[C@@H]2CC1. The fourth-order valence-corrected chi connectivity index (χ4v) is 6.24. The van der Waals surface area contributed by atoms with Crippen LogP contribution in [-0.2, 0) is 11.2 Å². The number of ketones is 1. The summed E-state index contributed by atoms with van der Waals surface area (Å²) in [7, 11) is 0. The number of halogens is 2. The zero-order valence-electron chi connectivity index (χ0n) is 16.8. The first-order chi connectivity index (χ1) is 14.5. The van der Waals surface area contributed by atoms with E-state index in [1.54, 1.807) is 18.2 Å². The minimum absolute atomic E-state index is 0.00000901. The number of aliphatic hydroxyl groups excluding tert-OH is 1. The lowest BCUT2D eigenvalue weighted by Gasteiger charge is -2.44. The van der Waals surface area contributed by atoms with Gasteiger partial charge in [0.1, 0.15) is 17.3 Å². The van der Waals surface area contributed by atoms with Gasteiger partial charge in [-0.3, -0.25) is 4.79 Å². The molecule has 3 nitrogen and oxygen atoms in total. The summed E-state index contributed by atoms with van der Waals surface area (Å²) in [5, 5.41) is 12.1. The number of carbonyl (C=O) groups is 1. The average molecular weight is 443 g/mol. The summed E-state index contributed by atoms with van der Waals surface area (Å²) in [6, 6.07) is 10.8. The Bertz CT molecular complexity index is 1050. The third-order valence-corrected chi connectivity index (χ3v) is 7.72. The van der Waals surface area contributed by atoms with Gasteiger partial charge in [-0.1, -0.05) is 36.2 Å². The third kappa shape index (κ3) is 3.14. The lowest BCUT2D eigenvalue weighted by Crippen LogP contribution is -2.41. The molecule has 2 atom stereocenters. The summed E-state index contributed by atoms with van der Waals surface area (Å²) in [6.07, 6.45) is 5.22. The van der Waals surface area contributed by atoms with Crippen molar-refractivity contribution in [2.45, 2.75) is 39.0 Å². The molecule has 6 rings (SSSR count). The van der Waals surface area contributed by atoms with Crippen molar-refractivity contribution < 1.29 is 14.6 Å². The second-order valence-electron chi connectivity index (χ2n) is 8.70. The molecule has 1 N–H and O–H groups in total. The van der Waals surface area contributed by atoms with Crippen molar-refractivity contribution in [3.8, 4) is 11.5 Å². The van der Waals surface area contributed by atoms with Crippen molar-refractivity contribution >= 4 is 34.6 Å². The van der Waals surface area contributed by atoms with Crippen LogP contribution in [0.2, 0.25) is 10.0 Å². The van der Waals surface area contributed by atoms with Crippen LogP contribution in [0.5, 0.6) is 11.5 Å². The number of aliphatic hydroxyl groups is 1. The number of ether oxygens (including phenoxy) is 1. The Balaban J connectivity index is 1.55. The van der Waals surface area contributed by atoms with Crippen LogP contribution in [0.25, 0.3) is 5.57 Å². The van der Waals surface area contributed by atoms with E-state index in [4.69, 9.17) is 27.9 Å². The van der Waals surface area contributed by atoms with Gasteiger partial charge in [-0.25, -0.2) is 0 Å². The molecular weight excluding hydrogens is 419 g/mol. The van der Waals surface area contributed by atoms with E-state index in [1.807, 2.05) is 18.2 Å². The fourth-order valence-electron chi connectivity index (χ4n) is 5.80. The van der Waals surface area contributed by atoms with Gasteiger partial charge < -0.3 is 9.84 Å². The number of allylic oxidation sites excluding steroid dienone is 2. The Labute approximate surface area is 186 Å². The van der Waals surface area contributed by atoms with E-state index in [0.29, 0.717) is 44.7 Å². The van der Waals surface area contributed by atoms with Crippen LogP contribution in [-0.4, -0.2) is 10.9 Å². The topological polar surface area (TPSA) is 46.5 Å². The van der Waals surface area contributed by atoms with Crippen LogP contribution in [0, 0.1) is 23.7 Å². The average Bonchev–Trinajstić information content (AvgIpc) is 3.03. The molecule has 0 aromatic heterocycles. The zero-order chi connectivity index (χ0) is 21.0. The predicted octanol–water partition coefficient (Wildman–Crippen LogP) is 7.25. The summed E-state index contributed by atoms with van der Waals surface area (Å²) in [6.45, 7) is 2.06. The molecule has 0 aliphatic heterocycles. The molecule has 0 radical (unpaired) electrons. The number of carbonyl (C=O) groups excluding carboxylic acids is 1. The summed E-state index contributed by atoms with van der Waals surface area (Å²) >= 11 is 12.2. The van der Waals surface area contributed by atoms with E-state index in [2.05, 4.69) is 6.92 Å². The summed E-state index contributed by atoms with van der Waals surface area (Å²) in [4.78, 5) is 13.5. The van der Waals surface area contributed by atoms with E-state index in [0.717, 1.165) is 43.2 Å². The second kappa shape index (κ2) is 7.62. The van der Waals surface area contributed by atoms with Gasteiger partial charge in [-0.05, 0) is 85.4 Å². The van der Waals surface area contributed by atoms with Gasteiger partial charge in [0.15, 0.2) is 5.78 Å². The van der Waals surface area contributed by atoms with Crippen molar-refractivity contribution in [1.82, 2.24) is 0 Å². The highest BCUT2D eigenvalue weighted by Gasteiger charge is 2.54. The van der Waals surface area contributed by atoms with E-state index in [-0.39, 0.29) is 17.6 Å². The smallest absolute Gasteiger partial charge is 0.170 e. The van der Waals surface area contributed by atoms with E-state index in [9.17, 15) is 9.90 Å². The molecule has 0 saturated heterocycles. The normalized spacial score (nSPS) is 27.5. The fraction of sp³-hybridized carbons (Fsp3) is 0.400. The molecule has 3 saturated carbocycles. The van der Waals surface area contributed by atoms with Crippen molar-refractivity contribution in [3.05, 3.63) is 63.3 Å². The maximum absolute atomic E-state index is 13.5. The monoisotopic (exact) mass is 442 g/mol. The first-order valence-corrected chi connectivity index (χ1v) is 11.5. The first kappa shape index (κ1) is 20.0. The van der Waals surface area contributed by atoms with Gasteiger partial charge in [0, 0.05) is 16.9 Å². The molecule has 2 aromatic carbocycles. The maximum Gasteiger partial charge on any atom is 0.170 e. The molecular formula is C25H24Cl2O3. The van der Waals surface area contributed by atoms with Gasteiger partial charge in [-0.15, -0.1) is 0 Å². The summed E-state index contributed by atoms with van der Waals surface area (Å²) in [5.74, 6) is 2.28. The Hall–Kier alpha value is -1.97. The van der Waals surface area contributed by atoms with Crippen LogP contribution >= 0.6 is 23.2 Å². The highest BCUT2D eigenvalue weighted by Crippen LogP contribution is 2.57. The van der Waals surface area contributed by atoms with Crippen LogP contribution in [0.15, 0.2) is 42.2 Å². The van der Waals surface area contributed by atoms with Crippen LogP contribution < -0.4 is 4.74 Å². The largest absolute Gasteiger partial charge is 0.511 e. The molecule has 156 valence electrons. The van der Waals surface area contributed by atoms with Crippen molar-refractivity contribution in [2.24, 2.45) is 23.7 Å². The van der Waals surface area contributed by atoms with Crippen LogP contribution in [0.4, 0.5) is 0 Å². The Kier molecular flexibility index (Phi) is 5.07. The number of Topliss-reactive ketones (excluding diaryl/α,β-unsaturated/α-hetero) is 1. The van der Waals surface area contributed by atoms with E-state index < -0.39 is 0 Å². The number of hydrogen-bond acceptors (Lipinski definition) is 3. The molecule has 0 heterocycles. The standard InChI is InChI=1S/C25H24Cl2O3/c1-2-13-7-9-17(30-20-10-8-16(26)11-19(20)27)12-18(13)23-24(28)21-14-3-4-15(6-5-14)22(21)25(23)29/h7-12,14-15,21-22,28H,2-6H2,1H3/t14-,15+,21?,22?. The first-order valence-electron chi connectivity index (χ1n) is 10.7. The van der Waals surface area contributed by atoms with Crippen molar-refractivity contribution in [1.29, 1.82) is 0 Å². The molecule has 2 bridgehead atoms. The molecule has 2 unspecified atom stereocenters. The maximum atomic E-state index is 13.5. The van der Waals surface area contributed by atoms with Gasteiger partial charge in [0.25, 0.3) is 0 Å². The number of benzene rings is 2. The molecule has 4 aliphatic rings. The minimum atomic E-state index is -0.0486. The number of aryl methyl sites for hydroxylation is 1. The van der Waals surface area contributed by atoms with Gasteiger partial charge in [0.2, 0.25) is 0 Å². The highest BCUT2D eigenvalue weighted by atomic mass is 35.5. The summed E-state index contributed by atoms with van der Waals surface area (Å²) in [5.41, 5.74) is 2.33. The zero-order valence-corrected chi connectivity index (χ0v) is 18.3. The molecule has 4 aliphatic carbocycles. The van der Waals surface area contributed by atoms with Crippen molar-refractivity contribution in [2.75, 3.05) is 0 Å². The molecule has 0 amide bonds. The Morgan fingerprint density at radius 2 is 1.70 bits per heavy atom. The summed E-state index contributed by atoms with van der Waals surface area (Å²) < 4.78 is 6.00. The number of fused-ring (bicyclic) bond motifs is 2. The number of rotatable bonds is 4. The third-order valence-electron chi connectivity index (χ3n) is 7.19. The quantitative estimate of drug-likeness (QED) is 0.541. The van der Waals surface area contributed by atoms with Crippen molar-refractivity contribution in [3.63, 3.8) is 0 Å². The second-order valence-corrected chi connectivity index (χ2v) is 9.54. The Morgan fingerprint density at radius 1 is 1.00 bits per heavy atom. The lowest BCUT2D eigenvalue weighted by atomic mass is 9.59. The van der Waals surface area contributed by atoms with Gasteiger partial charge in [-0.2, -0.15) is 0 Å². The number of hydrogen-bond donors (Lipinski definition) is 1. The van der Waals surface area contributed by atoms with Crippen LogP contribution in [0.3, 0.4) is 0 Å². The molecule has 0 spiro atoms. The molecule has 30 heavy (non-hydrogen) atoms. The van der Waals surface area contributed by atoms with Gasteiger partial charge >= 0.3 is 0 Å². The van der Waals surface area contributed by atoms with Gasteiger partial charge in [0.05, 0.1) is 10.6 Å². The van der Waals surface area contributed by atoms with Crippen LogP contribution in [0.1, 0.15) is 43.7 Å². The van der Waals surface area contributed by atoms with E-state index in [1.165, 1.54) is 0 Å². The molecule has 5 heteroatoms. The predicted molar refractivity (Wildman–Crippen MR) is 119 cm³/mol. The molecule has 2 aromatic rings. The Morgan fingerprint density at radius 3 is 2.33 bits per heavy atom. The lowest BCUT2D eigenvalue weighted by molar-refractivity contribution is -0.123. The highest BCUT2D eigenvalue weighted by molar-refractivity contribution is 6.35. The minimum Gasteiger partial charge on any atom is -0.511 e.